The van der Waals surface area contributed by atoms with Crippen LogP contribution in [0.1, 0.15) is 62.2 Å². The minimum absolute atomic E-state index is 0.0464. The number of carboxylic acid groups (broad SMARTS) is 1. The van der Waals surface area contributed by atoms with Gasteiger partial charge in [-0.2, -0.15) is 11.8 Å². The lowest BCUT2D eigenvalue weighted by molar-refractivity contribution is -0.136. The SMILES string of the molecule is CS(C)(C)CCOC(=O)NCCCN(C(=O)CSCCC(=O)O)[C@@H](c1cc(-c2cc(F)ccc2F)cn1Cc1ccccc1)C1CCCCC1. The molecule has 274 valence electrons. The first kappa shape index (κ1) is 39.3. The highest BCUT2D eigenvalue weighted by Gasteiger charge is 2.35. The van der Waals surface area contributed by atoms with Crippen molar-refractivity contribution in [2.24, 2.45) is 5.92 Å². The van der Waals surface area contributed by atoms with Crippen LogP contribution in [-0.4, -0.2) is 88.3 Å². The summed E-state index contributed by atoms with van der Waals surface area (Å²) in [7, 11) is -0.796. The summed E-state index contributed by atoms with van der Waals surface area (Å²) in [6.45, 7) is 1.46. The molecule has 2 aromatic carbocycles. The normalized spacial score (nSPS) is 14.6. The quantitative estimate of drug-likeness (QED) is 0.129. The highest BCUT2D eigenvalue weighted by Crippen LogP contribution is 2.41. The minimum Gasteiger partial charge on any atom is -0.481 e. The Kier molecular flexibility index (Phi) is 15.1. The van der Waals surface area contributed by atoms with Crippen molar-refractivity contribution in [1.82, 2.24) is 14.8 Å². The van der Waals surface area contributed by atoms with Crippen LogP contribution in [0.5, 0.6) is 0 Å². The molecule has 0 unspecified atom stereocenters. The number of rotatable bonds is 18. The number of nitrogens with zero attached hydrogens (tertiary/aromatic N) is 2. The molecule has 0 spiro atoms. The van der Waals surface area contributed by atoms with Crippen molar-refractivity contribution in [3.8, 4) is 11.1 Å². The topological polar surface area (TPSA) is 101 Å². The molecular formula is C38H51F2N3O5S2. The Hall–Kier alpha value is -3.51. The van der Waals surface area contributed by atoms with Gasteiger partial charge in [0.25, 0.3) is 0 Å². The van der Waals surface area contributed by atoms with E-state index < -0.39 is 33.7 Å². The highest BCUT2D eigenvalue weighted by atomic mass is 32.3. The van der Waals surface area contributed by atoms with Gasteiger partial charge in [-0.3, -0.25) is 9.59 Å². The Morgan fingerprint density at radius 3 is 2.50 bits per heavy atom. The number of carbonyl (C=O) groups excluding carboxylic acids is 2. The second-order valence-electron chi connectivity index (χ2n) is 13.7. The van der Waals surface area contributed by atoms with Crippen molar-refractivity contribution >= 4 is 39.8 Å². The van der Waals surface area contributed by atoms with E-state index >= 15 is 4.39 Å². The number of ether oxygens (including phenoxy) is 1. The monoisotopic (exact) mass is 731 g/mol. The lowest BCUT2D eigenvalue weighted by Gasteiger charge is -2.40. The lowest BCUT2D eigenvalue weighted by Crippen LogP contribution is -2.42. The molecule has 12 heteroatoms. The molecule has 1 aliphatic rings. The fraction of sp³-hybridized carbons (Fsp3) is 0.500. The van der Waals surface area contributed by atoms with Crippen LogP contribution in [-0.2, 0) is 20.9 Å². The third-order valence-electron chi connectivity index (χ3n) is 8.88. The number of halogens is 2. The first-order valence-corrected chi connectivity index (χ1v) is 21.4. The molecule has 50 heavy (non-hydrogen) atoms. The average molecular weight is 732 g/mol. The molecule has 0 aliphatic heterocycles. The maximum absolute atomic E-state index is 15.2. The van der Waals surface area contributed by atoms with Crippen LogP contribution in [0, 0.1) is 17.6 Å². The summed E-state index contributed by atoms with van der Waals surface area (Å²) in [4.78, 5) is 39.7. The number of benzene rings is 2. The number of hydrogen-bond acceptors (Lipinski definition) is 5. The molecule has 0 bridgehead atoms. The number of amides is 2. The predicted molar refractivity (Wildman–Crippen MR) is 200 cm³/mol. The summed E-state index contributed by atoms with van der Waals surface area (Å²) in [5, 5.41) is 12.0. The zero-order valence-corrected chi connectivity index (χ0v) is 31.0. The number of hydrogen-bond donors (Lipinski definition) is 2. The molecule has 1 aliphatic carbocycles. The fourth-order valence-corrected chi connectivity index (χ4v) is 7.75. The predicted octanol–water partition coefficient (Wildman–Crippen LogP) is 7.95. The van der Waals surface area contributed by atoms with E-state index in [0.717, 1.165) is 61.2 Å². The van der Waals surface area contributed by atoms with Crippen LogP contribution in [0.2, 0.25) is 0 Å². The van der Waals surface area contributed by atoms with Crippen molar-refractivity contribution in [3.63, 3.8) is 0 Å². The standard InChI is InChI=1S/C38H51F2N3O5S2/c1-50(2,3)22-20-48-38(47)41-18-10-19-43(35(44)27-49-21-17-36(45)46)37(29-13-8-5-9-14-29)34-23-30(32-24-31(39)15-16-33(32)40)26-42(34)25-28-11-6-4-7-12-28/h4,6-7,11-12,15-16,23-24,26,29,37H,5,8-10,13-14,17-22,25,27H2,1-3H3,(H,41,47)(H,45,46)/t37-/m1/s1. The Bertz CT molecular complexity index is 1560. The van der Waals surface area contributed by atoms with Gasteiger partial charge in [0.15, 0.2) is 0 Å². The largest absolute Gasteiger partial charge is 0.481 e. The van der Waals surface area contributed by atoms with Gasteiger partial charge in [-0.1, -0.05) is 49.6 Å². The summed E-state index contributed by atoms with van der Waals surface area (Å²) in [6.07, 6.45) is 13.2. The maximum atomic E-state index is 15.2. The summed E-state index contributed by atoms with van der Waals surface area (Å²) in [5.41, 5.74) is 2.54. The smallest absolute Gasteiger partial charge is 0.407 e. The molecule has 1 aromatic heterocycles. The van der Waals surface area contributed by atoms with Gasteiger partial charge in [0.2, 0.25) is 5.91 Å². The number of alkyl carbamates (subject to hydrolysis) is 1. The first-order chi connectivity index (χ1) is 23.9. The van der Waals surface area contributed by atoms with Crippen LogP contribution < -0.4 is 5.32 Å². The van der Waals surface area contributed by atoms with Crippen molar-refractivity contribution < 1.29 is 33.0 Å². The number of carbonyl (C=O) groups is 3. The van der Waals surface area contributed by atoms with E-state index in [4.69, 9.17) is 9.84 Å². The first-order valence-electron chi connectivity index (χ1n) is 17.3. The molecule has 1 heterocycles. The molecule has 2 amide bonds. The summed E-state index contributed by atoms with van der Waals surface area (Å²) in [5.74, 6) is -0.778. The number of nitrogens with one attached hydrogen (secondary N) is 1. The summed E-state index contributed by atoms with van der Waals surface area (Å²) >= 11 is 1.29. The number of carboxylic acids is 1. The van der Waals surface area contributed by atoms with Gasteiger partial charge in [-0.05, 0) is 73.8 Å². The Balaban J connectivity index is 1.68. The van der Waals surface area contributed by atoms with Crippen LogP contribution in [0.25, 0.3) is 11.1 Å². The minimum atomic E-state index is -0.917. The van der Waals surface area contributed by atoms with E-state index in [1.165, 1.54) is 17.8 Å². The Morgan fingerprint density at radius 1 is 1.06 bits per heavy atom. The van der Waals surface area contributed by atoms with E-state index in [0.29, 0.717) is 44.0 Å². The molecule has 2 N–H and O–H groups in total. The van der Waals surface area contributed by atoms with Crippen LogP contribution in [0.15, 0.2) is 60.8 Å². The molecule has 0 saturated heterocycles. The van der Waals surface area contributed by atoms with Crippen LogP contribution >= 0.6 is 21.8 Å². The Labute approximate surface area is 300 Å². The zero-order chi connectivity index (χ0) is 36.1. The molecule has 8 nitrogen and oxygen atoms in total. The molecule has 1 saturated carbocycles. The van der Waals surface area contributed by atoms with Crippen molar-refractivity contribution in [1.29, 1.82) is 0 Å². The van der Waals surface area contributed by atoms with Gasteiger partial charge in [0.05, 0.1) is 18.2 Å². The molecule has 1 fully saturated rings. The number of thioether (sulfide) groups is 1. The highest BCUT2D eigenvalue weighted by molar-refractivity contribution is 8.32. The van der Waals surface area contributed by atoms with E-state index in [-0.39, 0.29) is 35.6 Å². The van der Waals surface area contributed by atoms with E-state index in [2.05, 4.69) is 28.7 Å². The van der Waals surface area contributed by atoms with Gasteiger partial charge in [0.1, 0.15) is 18.2 Å². The van der Waals surface area contributed by atoms with Gasteiger partial charge in [0, 0.05) is 54.2 Å². The van der Waals surface area contributed by atoms with E-state index in [1.54, 1.807) is 0 Å². The third-order valence-corrected chi connectivity index (χ3v) is 11.2. The summed E-state index contributed by atoms with van der Waals surface area (Å²) in [6, 6.07) is 14.8. The van der Waals surface area contributed by atoms with Gasteiger partial charge < -0.3 is 24.6 Å². The number of aromatic nitrogens is 1. The van der Waals surface area contributed by atoms with Crippen LogP contribution in [0.4, 0.5) is 13.6 Å². The van der Waals surface area contributed by atoms with Gasteiger partial charge in [-0.25, -0.2) is 23.6 Å². The van der Waals surface area contributed by atoms with Crippen molar-refractivity contribution in [2.45, 2.75) is 57.5 Å². The Morgan fingerprint density at radius 2 is 1.80 bits per heavy atom. The van der Waals surface area contributed by atoms with Crippen molar-refractivity contribution in [3.05, 3.63) is 83.7 Å². The molecule has 0 radical (unpaired) electrons. The average Bonchev–Trinajstić information content (AvgIpc) is 3.48. The van der Waals surface area contributed by atoms with E-state index in [1.807, 2.05) is 47.5 Å². The summed E-state index contributed by atoms with van der Waals surface area (Å²) < 4.78 is 37.0. The lowest BCUT2D eigenvalue weighted by atomic mass is 9.81. The van der Waals surface area contributed by atoms with Crippen LogP contribution in [0.3, 0.4) is 0 Å². The number of aliphatic carboxylic acids is 1. The second-order valence-corrected chi connectivity index (χ2v) is 19.4. The zero-order valence-electron chi connectivity index (χ0n) is 29.4. The maximum Gasteiger partial charge on any atom is 0.407 e. The molecule has 1 atom stereocenters. The van der Waals surface area contributed by atoms with Gasteiger partial charge >= 0.3 is 12.1 Å². The van der Waals surface area contributed by atoms with E-state index in [9.17, 15) is 18.8 Å². The second kappa shape index (κ2) is 19.2. The van der Waals surface area contributed by atoms with Crippen molar-refractivity contribution in [2.75, 3.05) is 55.7 Å². The third kappa shape index (κ3) is 12.4. The molecule has 3 aromatic rings. The molecule has 4 rings (SSSR count). The van der Waals surface area contributed by atoms with Gasteiger partial charge in [-0.15, -0.1) is 0 Å². The fourth-order valence-electron chi connectivity index (χ4n) is 6.36. The molecular weight excluding hydrogens is 681 g/mol.